The lowest BCUT2D eigenvalue weighted by Crippen LogP contribution is -2.32. The Kier molecular flexibility index (Phi) is 5.12. The second-order valence-corrected chi connectivity index (χ2v) is 7.17. The largest absolute Gasteiger partial charge is 0.491 e. The van der Waals surface area contributed by atoms with Crippen LogP contribution < -0.4 is 4.74 Å². The van der Waals surface area contributed by atoms with Crippen molar-refractivity contribution in [3.05, 3.63) is 83.0 Å². The SMILES string of the molecule is O=C1S/C(=C\c2ccccc2F)C(=O)N1CCOc1cccc2ccccc12. The van der Waals surface area contributed by atoms with Crippen LogP contribution in [0.1, 0.15) is 5.56 Å². The highest BCUT2D eigenvalue weighted by Gasteiger charge is 2.35. The molecule has 1 saturated heterocycles. The Morgan fingerprint density at radius 1 is 0.964 bits per heavy atom. The number of benzene rings is 3. The van der Waals surface area contributed by atoms with Crippen molar-refractivity contribution < 1.29 is 18.7 Å². The first-order valence-electron chi connectivity index (χ1n) is 8.74. The Labute approximate surface area is 165 Å². The molecular weight excluding hydrogens is 377 g/mol. The molecule has 6 heteroatoms. The molecule has 28 heavy (non-hydrogen) atoms. The number of imide groups is 1. The molecule has 1 heterocycles. The van der Waals surface area contributed by atoms with Gasteiger partial charge in [-0.05, 0) is 35.4 Å². The lowest BCUT2D eigenvalue weighted by molar-refractivity contribution is -0.123. The number of carbonyl (C=O) groups excluding carboxylic acids is 2. The minimum Gasteiger partial charge on any atom is -0.491 e. The molecule has 0 unspecified atom stereocenters. The van der Waals surface area contributed by atoms with E-state index in [-0.39, 0.29) is 28.9 Å². The van der Waals surface area contributed by atoms with Crippen molar-refractivity contribution in [2.24, 2.45) is 0 Å². The van der Waals surface area contributed by atoms with Gasteiger partial charge in [0, 0.05) is 10.9 Å². The molecular formula is C22H16FNO3S. The molecule has 4 rings (SSSR count). The van der Waals surface area contributed by atoms with Crippen LogP contribution in [-0.4, -0.2) is 29.2 Å². The number of amides is 2. The van der Waals surface area contributed by atoms with Gasteiger partial charge < -0.3 is 4.74 Å². The summed E-state index contributed by atoms with van der Waals surface area (Å²) in [6, 6.07) is 19.7. The van der Waals surface area contributed by atoms with Gasteiger partial charge in [0.05, 0.1) is 11.4 Å². The molecule has 0 bridgehead atoms. The van der Waals surface area contributed by atoms with Gasteiger partial charge in [-0.1, -0.05) is 54.6 Å². The van der Waals surface area contributed by atoms with E-state index in [9.17, 15) is 14.0 Å². The third-order valence-corrected chi connectivity index (χ3v) is 5.29. The summed E-state index contributed by atoms with van der Waals surface area (Å²) in [7, 11) is 0. The summed E-state index contributed by atoms with van der Waals surface area (Å²) >= 11 is 0.810. The van der Waals surface area contributed by atoms with Crippen LogP contribution in [0, 0.1) is 5.82 Å². The molecule has 4 nitrogen and oxygen atoms in total. The monoisotopic (exact) mass is 393 g/mol. The maximum Gasteiger partial charge on any atom is 0.293 e. The highest BCUT2D eigenvalue weighted by molar-refractivity contribution is 8.18. The second-order valence-electron chi connectivity index (χ2n) is 6.18. The topological polar surface area (TPSA) is 46.6 Å². The Bertz CT molecular complexity index is 1090. The number of thioether (sulfide) groups is 1. The highest BCUT2D eigenvalue weighted by Crippen LogP contribution is 2.32. The fraction of sp³-hybridized carbons (Fsp3) is 0.0909. The molecule has 1 fully saturated rings. The molecule has 3 aromatic carbocycles. The predicted molar refractivity (Wildman–Crippen MR) is 109 cm³/mol. The van der Waals surface area contributed by atoms with Crippen LogP contribution in [0.3, 0.4) is 0 Å². The third-order valence-electron chi connectivity index (χ3n) is 4.39. The van der Waals surface area contributed by atoms with Crippen molar-refractivity contribution in [2.75, 3.05) is 13.2 Å². The van der Waals surface area contributed by atoms with Gasteiger partial charge >= 0.3 is 0 Å². The number of hydrogen-bond donors (Lipinski definition) is 0. The van der Waals surface area contributed by atoms with E-state index < -0.39 is 11.7 Å². The van der Waals surface area contributed by atoms with Crippen molar-refractivity contribution >= 4 is 39.8 Å². The molecule has 2 amide bonds. The van der Waals surface area contributed by atoms with Crippen LogP contribution in [-0.2, 0) is 4.79 Å². The van der Waals surface area contributed by atoms with Crippen molar-refractivity contribution in [2.45, 2.75) is 0 Å². The van der Waals surface area contributed by atoms with Crippen molar-refractivity contribution in [3.63, 3.8) is 0 Å². The van der Waals surface area contributed by atoms with Crippen molar-refractivity contribution in [3.8, 4) is 5.75 Å². The molecule has 0 atom stereocenters. The van der Waals surface area contributed by atoms with E-state index >= 15 is 0 Å². The molecule has 0 spiro atoms. The van der Waals surface area contributed by atoms with E-state index in [4.69, 9.17) is 4.74 Å². The normalized spacial score (nSPS) is 15.6. The number of rotatable bonds is 5. The summed E-state index contributed by atoms with van der Waals surface area (Å²) in [5.74, 6) is -0.166. The van der Waals surface area contributed by atoms with Crippen molar-refractivity contribution in [1.29, 1.82) is 0 Å². The Balaban J connectivity index is 1.45. The number of fused-ring (bicyclic) bond motifs is 1. The zero-order valence-electron chi connectivity index (χ0n) is 14.8. The molecule has 1 aliphatic rings. The molecule has 1 aliphatic heterocycles. The number of carbonyl (C=O) groups is 2. The smallest absolute Gasteiger partial charge is 0.293 e. The molecule has 3 aromatic rings. The molecule has 0 radical (unpaired) electrons. The van der Waals surface area contributed by atoms with E-state index in [1.54, 1.807) is 18.2 Å². The third kappa shape index (κ3) is 3.64. The first-order chi connectivity index (χ1) is 13.6. The van der Waals surface area contributed by atoms with Gasteiger partial charge in [-0.3, -0.25) is 14.5 Å². The Morgan fingerprint density at radius 3 is 2.57 bits per heavy atom. The first-order valence-corrected chi connectivity index (χ1v) is 9.55. The van der Waals surface area contributed by atoms with Crippen LogP contribution in [0.25, 0.3) is 16.8 Å². The zero-order valence-corrected chi connectivity index (χ0v) is 15.6. The fourth-order valence-electron chi connectivity index (χ4n) is 2.99. The van der Waals surface area contributed by atoms with Crippen LogP contribution in [0.4, 0.5) is 9.18 Å². The molecule has 0 saturated carbocycles. The summed E-state index contributed by atoms with van der Waals surface area (Å²) < 4.78 is 19.6. The highest BCUT2D eigenvalue weighted by atomic mass is 32.2. The number of ether oxygens (including phenoxy) is 1. The van der Waals surface area contributed by atoms with Crippen LogP contribution in [0.5, 0.6) is 5.75 Å². The van der Waals surface area contributed by atoms with E-state index in [0.29, 0.717) is 5.75 Å². The predicted octanol–water partition coefficient (Wildman–Crippen LogP) is 5.09. The summed E-state index contributed by atoms with van der Waals surface area (Å²) in [5.41, 5.74) is 0.278. The van der Waals surface area contributed by atoms with E-state index in [1.165, 1.54) is 12.1 Å². The molecule has 0 N–H and O–H groups in total. The van der Waals surface area contributed by atoms with Crippen LogP contribution in [0.15, 0.2) is 71.6 Å². The first kappa shape index (κ1) is 18.3. The number of nitrogens with zero attached hydrogens (tertiary/aromatic N) is 1. The van der Waals surface area contributed by atoms with E-state index in [1.807, 2.05) is 42.5 Å². The van der Waals surface area contributed by atoms with Crippen LogP contribution >= 0.6 is 11.8 Å². The fourth-order valence-corrected chi connectivity index (χ4v) is 3.85. The Hall–Kier alpha value is -3.12. The van der Waals surface area contributed by atoms with Gasteiger partial charge in [-0.25, -0.2) is 4.39 Å². The minimum atomic E-state index is -0.436. The standard InChI is InChI=1S/C22H16FNO3S/c23-18-10-4-2-7-16(18)14-20-21(25)24(22(26)28-20)12-13-27-19-11-5-8-15-6-1-3-9-17(15)19/h1-11,14H,12-13H2/b20-14-. The van der Waals surface area contributed by atoms with E-state index in [2.05, 4.69) is 0 Å². The van der Waals surface area contributed by atoms with Gasteiger partial charge in [-0.2, -0.15) is 0 Å². The van der Waals surface area contributed by atoms with Gasteiger partial charge in [0.25, 0.3) is 11.1 Å². The second kappa shape index (κ2) is 7.86. The zero-order chi connectivity index (χ0) is 19.5. The Morgan fingerprint density at radius 2 is 1.71 bits per heavy atom. The quantitative estimate of drug-likeness (QED) is 0.566. The van der Waals surface area contributed by atoms with Gasteiger partial charge in [0.1, 0.15) is 18.2 Å². The summed E-state index contributed by atoms with van der Waals surface area (Å²) in [6.07, 6.45) is 1.41. The van der Waals surface area contributed by atoms with Gasteiger partial charge in [0.15, 0.2) is 0 Å². The summed E-state index contributed by atoms with van der Waals surface area (Å²) in [6.45, 7) is 0.307. The number of halogens is 1. The lowest BCUT2D eigenvalue weighted by atomic mass is 10.1. The maximum atomic E-state index is 13.8. The van der Waals surface area contributed by atoms with Crippen LogP contribution in [0.2, 0.25) is 0 Å². The number of hydrogen-bond acceptors (Lipinski definition) is 4. The average Bonchev–Trinajstić information content (AvgIpc) is 2.97. The summed E-state index contributed by atoms with van der Waals surface area (Å²) in [4.78, 5) is 26.1. The van der Waals surface area contributed by atoms with Crippen molar-refractivity contribution in [1.82, 2.24) is 4.90 Å². The maximum absolute atomic E-state index is 13.8. The van der Waals surface area contributed by atoms with Gasteiger partial charge in [0.2, 0.25) is 0 Å². The molecule has 0 aromatic heterocycles. The summed E-state index contributed by atoms with van der Waals surface area (Å²) in [5, 5.41) is 1.65. The lowest BCUT2D eigenvalue weighted by Gasteiger charge is -2.14. The average molecular weight is 393 g/mol. The minimum absolute atomic E-state index is 0.127. The molecule has 0 aliphatic carbocycles. The van der Waals surface area contributed by atoms with Gasteiger partial charge in [-0.15, -0.1) is 0 Å². The van der Waals surface area contributed by atoms with E-state index in [0.717, 1.165) is 27.4 Å². The molecule has 140 valence electrons.